The molecule has 5 aromatic rings. The fourth-order valence-electron chi connectivity index (χ4n) is 5.42. The maximum atomic E-state index is 13.6. The number of esters is 1. The highest BCUT2D eigenvalue weighted by Gasteiger charge is 2.50. The Morgan fingerprint density at radius 2 is 1.02 bits per heavy atom. The van der Waals surface area contributed by atoms with Crippen LogP contribution in [0, 0.1) is 0 Å². The lowest BCUT2D eigenvalue weighted by Gasteiger charge is -2.45. The molecule has 7 heteroatoms. The largest absolute Gasteiger partial charge is 0.452 e. The molecule has 0 aliphatic carbocycles. The molecule has 0 aromatic heterocycles. The van der Waals surface area contributed by atoms with E-state index in [2.05, 4.69) is 0 Å². The molecule has 0 saturated carbocycles. The van der Waals surface area contributed by atoms with Crippen molar-refractivity contribution in [2.75, 3.05) is 6.61 Å². The summed E-state index contributed by atoms with van der Waals surface area (Å²) in [5.41, 5.74) is 2.92. The molecule has 6 rings (SSSR count). The van der Waals surface area contributed by atoms with Gasteiger partial charge in [0.05, 0.1) is 32.0 Å². The number of ether oxygens (including phenoxy) is 5. The Morgan fingerprint density at radius 3 is 1.57 bits per heavy atom. The van der Waals surface area contributed by atoms with Crippen molar-refractivity contribution in [3.8, 4) is 0 Å². The zero-order valence-corrected chi connectivity index (χ0v) is 26.8. The van der Waals surface area contributed by atoms with Gasteiger partial charge in [0.25, 0.3) is 0 Å². The van der Waals surface area contributed by atoms with Crippen molar-refractivity contribution in [2.24, 2.45) is 0 Å². The molecule has 6 nitrogen and oxygen atoms in total. The van der Waals surface area contributed by atoms with E-state index in [0.717, 1.165) is 21.6 Å². The summed E-state index contributed by atoms with van der Waals surface area (Å²) in [6.07, 6.45) is -2.61. The zero-order chi connectivity index (χ0) is 32.1. The van der Waals surface area contributed by atoms with Crippen molar-refractivity contribution in [1.82, 2.24) is 0 Å². The summed E-state index contributed by atoms with van der Waals surface area (Å²) in [6, 6.07) is 48.9. The van der Waals surface area contributed by atoms with Crippen molar-refractivity contribution < 1.29 is 28.5 Å². The molecule has 1 aliphatic rings. The third-order valence-electron chi connectivity index (χ3n) is 7.80. The van der Waals surface area contributed by atoms with E-state index in [1.165, 1.54) is 11.8 Å². The van der Waals surface area contributed by atoms with E-state index in [1.807, 2.05) is 140 Å². The lowest BCUT2D eigenvalue weighted by molar-refractivity contribution is -0.242. The predicted octanol–water partition coefficient (Wildman–Crippen LogP) is 8.12. The highest BCUT2D eigenvalue weighted by molar-refractivity contribution is 7.99. The van der Waals surface area contributed by atoms with Crippen LogP contribution in [0.2, 0.25) is 0 Å². The maximum Gasteiger partial charge on any atom is 0.338 e. The highest BCUT2D eigenvalue weighted by atomic mass is 32.2. The number of benzene rings is 5. The Hall–Kier alpha value is -4.24. The zero-order valence-electron chi connectivity index (χ0n) is 26.0. The topological polar surface area (TPSA) is 63.2 Å². The Bertz CT molecular complexity index is 1620. The molecule has 5 aromatic carbocycles. The second-order valence-corrected chi connectivity index (χ2v) is 12.4. The van der Waals surface area contributed by atoms with Gasteiger partial charge in [0.15, 0.2) is 6.10 Å². The van der Waals surface area contributed by atoms with Crippen molar-refractivity contribution in [3.05, 3.63) is 174 Å². The normalized spacial score (nSPS) is 20.8. The van der Waals surface area contributed by atoms with Crippen molar-refractivity contribution in [2.45, 2.75) is 54.6 Å². The van der Waals surface area contributed by atoms with Gasteiger partial charge in [-0.1, -0.05) is 139 Å². The first-order chi connectivity index (χ1) is 23.2. The van der Waals surface area contributed by atoms with Gasteiger partial charge in [-0.2, -0.15) is 0 Å². The Balaban J connectivity index is 1.33. The molecule has 5 atom stereocenters. The van der Waals surface area contributed by atoms with Gasteiger partial charge in [0.2, 0.25) is 0 Å². The van der Waals surface area contributed by atoms with Crippen LogP contribution in [0.5, 0.6) is 0 Å². The van der Waals surface area contributed by atoms with Crippen LogP contribution in [0.3, 0.4) is 0 Å². The van der Waals surface area contributed by atoms with Gasteiger partial charge in [0, 0.05) is 4.90 Å². The summed E-state index contributed by atoms with van der Waals surface area (Å²) in [5.74, 6) is -0.452. The van der Waals surface area contributed by atoms with Crippen LogP contribution in [0.4, 0.5) is 0 Å². The minimum Gasteiger partial charge on any atom is -0.452 e. The van der Waals surface area contributed by atoms with Crippen LogP contribution >= 0.6 is 11.8 Å². The summed E-state index contributed by atoms with van der Waals surface area (Å²) in [6.45, 7) is 1.30. The molecule has 2 unspecified atom stereocenters. The number of rotatable bonds is 14. The third kappa shape index (κ3) is 9.41. The van der Waals surface area contributed by atoms with Crippen molar-refractivity contribution in [1.29, 1.82) is 0 Å². The first kappa shape index (κ1) is 32.7. The monoisotopic (exact) mass is 646 g/mol. The quantitative estimate of drug-likeness (QED) is 0.113. The maximum absolute atomic E-state index is 13.6. The van der Waals surface area contributed by atoms with Crippen LogP contribution in [-0.4, -0.2) is 42.4 Å². The average molecular weight is 647 g/mol. The van der Waals surface area contributed by atoms with Crippen LogP contribution in [0.1, 0.15) is 27.0 Å². The van der Waals surface area contributed by atoms with Gasteiger partial charge in [0.1, 0.15) is 23.7 Å². The molecule has 0 N–H and O–H groups in total. The number of carbonyl (C=O) groups is 1. The second-order valence-electron chi connectivity index (χ2n) is 11.2. The van der Waals surface area contributed by atoms with Crippen LogP contribution in [-0.2, 0) is 43.5 Å². The van der Waals surface area contributed by atoms with E-state index in [0.29, 0.717) is 25.4 Å². The van der Waals surface area contributed by atoms with Gasteiger partial charge < -0.3 is 23.7 Å². The fraction of sp³-hybridized carbons (Fsp3) is 0.225. The number of hydrogen-bond donors (Lipinski definition) is 0. The Labute approximate surface area is 280 Å². The van der Waals surface area contributed by atoms with E-state index in [4.69, 9.17) is 23.7 Å². The third-order valence-corrected chi connectivity index (χ3v) is 8.96. The minimum absolute atomic E-state index is 0.255. The van der Waals surface area contributed by atoms with E-state index in [-0.39, 0.29) is 6.61 Å². The van der Waals surface area contributed by atoms with Crippen molar-refractivity contribution >= 4 is 17.7 Å². The summed E-state index contributed by atoms with van der Waals surface area (Å²) in [4.78, 5) is 14.6. The van der Waals surface area contributed by atoms with Gasteiger partial charge >= 0.3 is 5.97 Å². The number of thioether (sulfide) groups is 1. The predicted molar refractivity (Wildman–Crippen MR) is 183 cm³/mol. The molecule has 1 heterocycles. The summed E-state index contributed by atoms with van der Waals surface area (Å²) in [7, 11) is 0. The molecule has 240 valence electrons. The molecule has 1 fully saturated rings. The summed E-state index contributed by atoms with van der Waals surface area (Å²) in [5, 5.41) is 0. The van der Waals surface area contributed by atoms with Gasteiger partial charge in [-0.15, -0.1) is 0 Å². The molecule has 1 saturated heterocycles. The smallest absolute Gasteiger partial charge is 0.338 e. The number of carbonyl (C=O) groups excluding carboxylic acids is 1. The van der Waals surface area contributed by atoms with E-state index in [9.17, 15) is 4.79 Å². The molecule has 0 spiro atoms. The molecule has 0 bridgehead atoms. The number of hydrogen-bond acceptors (Lipinski definition) is 7. The highest BCUT2D eigenvalue weighted by Crippen LogP contribution is 2.38. The van der Waals surface area contributed by atoms with Crippen LogP contribution in [0.15, 0.2) is 157 Å². The molecule has 0 amide bonds. The molecule has 1 aliphatic heterocycles. The molecular formula is C40H38O6S. The summed E-state index contributed by atoms with van der Waals surface area (Å²) >= 11 is 1.49. The van der Waals surface area contributed by atoms with E-state index >= 15 is 0 Å². The Kier molecular flexibility index (Phi) is 11.9. The van der Waals surface area contributed by atoms with Gasteiger partial charge in [-0.05, 0) is 41.0 Å². The Morgan fingerprint density at radius 1 is 0.553 bits per heavy atom. The van der Waals surface area contributed by atoms with Crippen LogP contribution < -0.4 is 0 Å². The van der Waals surface area contributed by atoms with E-state index in [1.54, 1.807) is 12.1 Å². The molecule has 47 heavy (non-hydrogen) atoms. The fourth-order valence-corrected chi connectivity index (χ4v) is 6.55. The van der Waals surface area contributed by atoms with Gasteiger partial charge in [-0.25, -0.2) is 4.79 Å². The van der Waals surface area contributed by atoms with E-state index < -0.39 is 35.8 Å². The lowest BCUT2D eigenvalue weighted by Crippen LogP contribution is -2.60. The van der Waals surface area contributed by atoms with Crippen molar-refractivity contribution in [3.63, 3.8) is 0 Å². The second kappa shape index (κ2) is 17.1. The standard InChI is InChI=1S/C40H38O6S/c41-39(33-22-12-4-13-23-33)46-38-37(44-28-32-20-10-3-11-21-32)36(43-27-31-18-8-2-9-19-31)35(29-42-26-30-16-6-1-7-17-30)45-40(38)47-34-24-14-5-15-25-34/h1-25,35-38,40H,26-29H2/t35?,36-,37-,38?,40-/m1/s1. The first-order valence-electron chi connectivity index (χ1n) is 15.8. The first-order valence-corrected chi connectivity index (χ1v) is 16.7. The molecular weight excluding hydrogens is 609 g/mol. The summed E-state index contributed by atoms with van der Waals surface area (Å²) < 4.78 is 32.8. The van der Waals surface area contributed by atoms with Crippen LogP contribution in [0.25, 0.3) is 0 Å². The SMILES string of the molecule is O=C(OC1[C@@H](Sc2ccccc2)OC(COCc2ccccc2)[C@@H](OCc2ccccc2)[C@H]1OCc1ccccc1)c1ccccc1. The minimum atomic E-state index is -0.803. The van der Waals surface area contributed by atoms with Gasteiger partial charge in [-0.3, -0.25) is 0 Å². The lowest BCUT2D eigenvalue weighted by atomic mass is 9.98. The average Bonchev–Trinajstić information content (AvgIpc) is 3.13. The molecule has 0 radical (unpaired) electrons.